The predicted octanol–water partition coefficient (Wildman–Crippen LogP) is 20.7. The van der Waals surface area contributed by atoms with Crippen LogP contribution in [0.5, 0.6) is 0 Å². The first-order valence-corrected chi connectivity index (χ1v) is 28.5. The molecule has 2 nitrogen and oxygen atoms in total. The lowest BCUT2D eigenvalue weighted by Crippen LogP contribution is -2.36. The molecule has 0 fully saturated rings. The maximum atomic E-state index is 2.52. The Labute approximate surface area is 479 Å². The van der Waals surface area contributed by atoms with Gasteiger partial charge in [-0.15, -0.1) is 0 Å². The predicted molar refractivity (Wildman–Crippen MR) is 340 cm³/mol. The Morgan fingerprint density at radius 3 is 1.27 bits per heavy atom. The lowest BCUT2D eigenvalue weighted by atomic mass is 9.64. The summed E-state index contributed by atoms with van der Waals surface area (Å²) >= 11 is 0. The Morgan fingerprint density at radius 2 is 0.646 bits per heavy atom. The van der Waals surface area contributed by atoms with Crippen LogP contribution in [0.3, 0.4) is 0 Å². The molecule has 0 saturated carbocycles. The molecule has 1 heterocycles. The molecule has 13 aromatic carbocycles. The molecule has 0 spiro atoms. The summed E-state index contributed by atoms with van der Waals surface area (Å²) < 4.78 is 0. The number of para-hydroxylation sites is 2. The van der Waals surface area contributed by atoms with E-state index in [0.29, 0.717) is 0 Å². The largest absolute Gasteiger partial charge is 0.310 e. The summed E-state index contributed by atoms with van der Waals surface area (Å²) in [5.74, 6) is 0. The van der Waals surface area contributed by atoms with Crippen molar-refractivity contribution in [3.63, 3.8) is 0 Å². The second-order valence-corrected chi connectivity index (χ2v) is 21.9. The van der Waals surface area contributed by atoms with E-state index in [9.17, 15) is 0 Å². The number of nitrogens with zero attached hydrogens (tertiary/aromatic N) is 2. The SMILES string of the molecule is c1ccc(-c2ccc(N(c3ccc(-c4ccc5c(c4)C4(c6ccccc6)c6ccccc6N(c6ccccc6)c6c(-c7ccccc7)ccc-5c64)cc3)c3ccc4c(c3)C(c3ccccc3)(c3ccccc3)c3ccccc3-4)cc2)cc1. The van der Waals surface area contributed by atoms with E-state index in [1.165, 1.54) is 106 Å². The van der Waals surface area contributed by atoms with E-state index in [4.69, 9.17) is 0 Å². The van der Waals surface area contributed by atoms with Crippen LogP contribution in [-0.2, 0) is 10.8 Å². The molecule has 82 heavy (non-hydrogen) atoms. The van der Waals surface area contributed by atoms with E-state index in [2.05, 4.69) is 337 Å². The van der Waals surface area contributed by atoms with Gasteiger partial charge in [0, 0.05) is 33.9 Å². The van der Waals surface area contributed by atoms with Crippen LogP contribution >= 0.6 is 0 Å². The molecule has 0 aromatic heterocycles. The molecule has 13 aromatic rings. The molecule has 2 heteroatoms. The molecule has 0 N–H and O–H groups in total. The van der Waals surface area contributed by atoms with Gasteiger partial charge in [-0.25, -0.2) is 0 Å². The van der Waals surface area contributed by atoms with Crippen LogP contribution in [0.15, 0.2) is 328 Å². The average Bonchev–Trinajstić information content (AvgIpc) is 1.74. The topological polar surface area (TPSA) is 6.48 Å². The first-order valence-electron chi connectivity index (χ1n) is 28.5. The van der Waals surface area contributed by atoms with Crippen LogP contribution in [0.2, 0.25) is 0 Å². The van der Waals surface area contributed by atoms with Crippen LogP contribution < -0.4 is 9.80 Å². The second-order valence-electron chi connectivity index (χ2n) is 21.9. The summed E-state index contributed by atoms with van der Waals surface area (Å²) in [6, 6.07) is 122. The van der Waals surface area contributed by atoms with Crippen LogP contribution in [0.1, 0.15) is 44.5 Å². The third-order valence-electron chi connectivity index (χ3n) is 17.7. The molecule has 1 atom stereocenters. The standard InChI is InChI=1S/C80H54N2/c1-7-23-55(24-8-1)56-39-44-64(45-40-56)81(66-48-50-69-68-35-19-20-36-72(68)79(75(69)54-66,60-27-11-3-12-28-60)61-29-13-4-14-30-61)65-46-41-57(42-47-65)59-43-49-70-71-52-51-67(58-25-9-2-10-26-58)78-77(71)80(74(70)53-59,62-31-15-5-16-32-62)73-37-21-22-38-76(73)82(78)63-33-17-6-18-34-63/h1-54H. The normalized spacial score (nSPS) is 14.7. The average molecular weight is 1040 g/mol. The van der Waals surface area contributed by atoms with E-state index < -0.39 is 10.8 Å². The molecule has 0 bridgehead atoms. The fraction of sp³-hybridized carbons (Fsp3) is 0.0250. The maximum Gasteiger partial charge on any atom is 0.0754 e. The molecule has 0 saturated heterocycles. The zero-order valence-corrected chi connectivity index (χ0v) is 45.1. The number of benzene rings is 13. The van der Waals surface area contributed by atoms with Crippen molar-refractivity contribution in [2.24, 2.45) is 0 Å². The minimum absolute atomic E-state index is 0.538. The van der Waals surface area contributed by atoms with Gasteiger partial charge in [0.05, 0.1) is 22.2 Å². The first-order chi connectivity index (χ1) is 40.7. The van der Waals surface area contributed by atoms with Crippen molar-refractivity contribution in [1.82, 2.24) is 0 Å². The van der Waals surface area contributed by atoms with Gasteiger partial charge in [-0.1, -0.05) is 267 Å². The van der Waals surface area contributed by atoms with Gasteiger partial charge >= 0.3 is 0 Å². The van der Waals surface area contributed by atoms with Gasteiger partial charge < -0.3 is 9.80 Å². The van der Waals surface area contributed by atoms with E-state index in [-0.39, 0.29) is 0 Å². The minimum Gasteiger partial charge on any atom is -0.310 e. The number of anilines is 6. The van der Waals surface area contributed by atoms with Crippen molar-refractivity contribution in [1.29, 1.82) is 0 Å². The summed E-state index contributed by atoms with van der Waals surface area (Å²) in [5, 5.41) is 0. The van der Waals surface area contributed by atoms with E-state index in [0.717, 1.165) is 28.3 Å². The molecule has 384 valence electrons. The van der Waals surface area contributed by atoms with Crippen molar-refractivity contribution in [2.75, 3.05) is 9.80 Å². The number of fused-ring (bicyclic) bond motifs is 8. The van der Waals surface area contributed by atoms with Crippen LogP contribution in [0.25, 0.3) is 55.6 Å². The van der Waals surface area contributed by atoms with Crippen molar-refractivity contribution >= 4 is 34.1 Å². The van der Waals surface area contributed by atoms with Gasteiger partial charge in [0.1, 0.15) is 0 Å². The van der Waals surface area contributed by atoms with Crippen LogP contribution in [0.4, 0.5) is 34.1 Å². The third kappa shape index (κ3) is 7.08. The van der Waals surface area contributed by atoms with Gasteiger partial charge in [0.15, 0.2) is 0 Å². The Balaban J connectivity index is 0.873. The van der Waals surface area contributed by atoms with E-state index in [1.807, 2.05) is 0 Å². The van der Waals surface area contributed by atoms with Crippen LogP contribution in [-0.4, -0.2) is 0 Å². The molecule has 0 radical (unpaired) electrons. The summed E-state index contributed by atoms with van der Waals surface area (Å²) in [5.41, 5.74) is 28.0. The van der Waals surface area contributed by atoms with Gasteiger partial charge in [-0.05, 0) is 150 Å². The maximum absolute atomic E-state index is 2.52. The minimum atomic E-state index is -0.617. The molecule has 3 aliphatic rings. The molecule has 16 rings (SSSR count). The molecule has 0 amide bonds. The zero-order chi connectivity index (χ0) is 54.2. The Bertz CT molecular complexity index is 4480. The smallest absolute Gasteiger partial charge is 0.0754 e. The van der Waals surface area contributed by atoms with Gasteiger partial charge in [-0.2, -0.15) is 0 Å². The zero-order valence-electron chi connectivity index (χ0n) is 45.1. The third-order valence-corrected chi connectivity index (χ3v) is 17.7. The van der Waals surface area contributed by atoms with Crippen molar-refractivity contribution in [2.45, 2.75) is 10.8 Å². The van der Waals surface area contributed by atoms with Crippen molar-refractivity contribution in [3.05, 3.63) is 372 Å². The number of hydrogen-bond donors (Lipinski definition) is 0. The quantitative estimate of drug-likeness (QED) is 0.135. The van der Waals surface area contributed by atoms with E-state index in [1.54, 1.807) is 0 Å². The Morgan fingerprint density at radius 1 is 0.244 bits per heavy atom. The highest BCUT2D eigenvalue weighted by Crippen LogP contribution is 2.67. The van der Waals surface area contributed by atoms with Crippen molar-refractivity contribution in [3.8, 4) is 55.6 Å². The summed E-state index contributed by atoms with van der Waals surface area (Å²) in [6.45, 7) is 0. The first kappa shape index (κ1) is 47.5. The van der Waals surface area contributed by atoms with Crippen molar-refractivity contribution < 1.29 is 0 Å². The number of rotatable bonds is 10. The van der Waals surface area contributed by atoms with Gasteiger partial charge in [-0.3, -0.25) is 0 Å². The molecule has 1 unspecified atom stereocenters. The summed E-state index contributed by atoms with van der Waals surface area (Å²) in [7, 11) is 0. The Kier molecular flexibility index (Phi) is 11.0. The molecular formula is C80H54N2. The molecule has 2 aliphatic carbocycles. The highest BCUT2D eigenvalue weighted by Gasteiger charge is 2.53. The Hall–Kier alpha value is -10.5. The highest BCUT2D eigenvalue weighted by atomic mass is 15.2. The monoisotopic (exact) mass is 1040 g/mol. The fourth-order valence-electron chi connectivity index (χ4n) is 14.3. The highest BCUT2D eigenvalue weighted by molar-refractivity contribution is 6.05. The van der Waals surface area contributed by atoms with Gasteiger partial charge in [0.2, 0.25) is 0 Å². The van der Waals surface area contributed by atoms with E-state index >= 15 is 0 Å². The van der Waals surface area contributed by atoms with Crippen LogP contribution in [0, 0.1) is 0 Å². The molecule has 1 aliphatic heterocycles. The second kappa shape index (κ2) is 19.1. The summed E-state index contributed by atoms with van der Waals surface area (Å²) in [6.07, 6.45) is 0. The summed E-state index contributed by atoms with van der Waals surface area (Å²) in [4.78, 5) is 4.96. The fourth-order valence-corrected chi connectivity index (χ4v) is 14.3. The van der Waals surface area contributed by atoms with Gasteiger partial charge in [0.25, 0.3) is 0 Å². The lowest BCUT2D eigenvalue weighted by molar-refractivity contribution is 0.754. The molecular weight excluding hydrogens is 989 g/mol. The number of hydrogen-bond acceptors (Lipinski definition) is 2. The lowest BCUT2D eigenvalue weighted by Gasteiger charge is -2.45.